The van der Waals surface area contributed by atoms with Gasteiger partial charge in [-0.1, -0.05) is 18.2 Å². The number of ether oxygens (including phenoxy) is 1. The average molecular weight is 453 g/mol. The van der Waals surface area contributed by atoms with Crippen LogP contribution in [0.25, 0.3) is 17.1 Å². The third-order valence-corrected chi connectivity index (χ3v) is 5.94. The molecule has 0 N–H and O–H groups in total. The van der Waals surface area contributed by atoms with Crippen molar-refractivity contribution in [2.24, 2.45) is 0 Å². The van der Waals surface area contributed by atoms with Crippen molar-refractivity contribution in [3.63, 3.8) is 0 Å². The molecule has 1 aromatic carbocycles. The number of alkyl halides is 3. The molecule has 1 atom stereocenters. The summed E-state index contributed by atoms with van der Waals surface area (Å²) in [5, 5.41) is 0. The molecule has 9 heteroatoms. The first-order valence-corrected chi connectivity index (χ1v) is 10.6. The maximum atomic E-state index is 13.7. The van der Waals surface area contributed by atoms with Crippen molar-refractivity contribution in [3.05, 3.63) is 77.8 Å². The smallest absolute Gasteiger partial charge is 0.416 e. The summed E-state index contributed by atoms with van der Waals surface area (Å²) in [6, 6.07) is 9.47. The van der Waals surface area contributed by atoms with Crippen molar-refractivity contribution in [1.82, 2.24) is 24.1 Å². The van der Waals surface area contributed by atoms with Gasteiger partial charge in [0.25, 0.3) is 0 Å². The number of hydrogen-bond acceptors (Lipinski definition) is 4. The average Bonchev–Trinajstić information content (AvgIpc) is 3.44. The van der Waals surface area contributed by atoms with Crippen LogP contribution in [-0.4, -0.2) is 31.2 Å². The van der Waals surface area contributed by atoms with E-state index in [9.17, 15) is 13.2 Å². The van der Waals surface area contributed by atoms with E-state index >= 15 is 0 Å². The van der Waals surface area contributed by atoms with Gasteiger partial charge in [-0.25, -0.2) is 15.0 Å². The number of nitrogens with zero attached hydrogens (tertiary/aromatic N) is 5. The number of hydrogen-bond donors (Lipinski definition) is 0. The minimum atomic E-state index is -4.41. The van der Waals surface area contributed by atoms with Crippen molar-refractivity contribution >= 4 is 0 Å². The van der Waals surface area contributed by atoms with Crippen molar-refractivity contribution < 1.29 is 17.9 Å². The summed E-state index contributed by atoms with van der Waals surface area (Å²) in [5.41, 5.74) is 2.47. The molecule has 0 saturated heterocycles. The molecule has 1 aliphatic rings. The van der Waals surface area contributed by atoms with Gasteiger partial charge in [0.2, 0.25) is 5.88 Å². The predicted molar refractivity (Wildman–Crippen MR) is 116 cm³/mol. The van der Waals surface area contributed by atoms with Crippen LogP contribution in [0, 0.1) is 6.92 Å². The van der Waals surface area contributed by atoms with Gasteiger partial charge in [-0.05, 0) is 43.5 Å². The number of aromatic nitrogens is 5. The zero-order valence-electron chi connectivity index (χ0n) is 18.2. The van der Waals surface area contributed by atoms with Crippen molar-refractivity contribution in [3.8, 4) is 23.0 Å². The largest absolute Gasteiger partial charge is 0.479 e. The molecule has 33 heavy (non-hydrogen) atoms. The minimum Gasteiger partial charge on any atom is -0.479 e. The third-order valence-electron chi connectivity index (χ3n) is 5.94. The highest BCUT2D eigenvalue weighted by Gasteiger charge is 2.37. The number of methoxy groups -OCH3 is 1. The van der Waals surface area contributed by atoms with Crippen LogP contribution in [-0.2, 0) is 12.7 Å². The van der Waals surface area contributed by atoms with Gasteiger partial charge in [-0.3, -0.25) is 0 Å². The number of imidazole rings is 2. The molecule has 3 aromatic heterocycles. The first-order valence-electron chi connectivity index (χ1n) is 10.6. The fourth-order valence-corrected chi connectivity index (χ4v) is 4.43. The van der Waals surface area contributed by atoms with E-state index in [1.54, 1.807) is 25.6 Å². The molecule has 4 aromatic rings. The molecule has 4 heterocycles. The van der Waals surface area contributed by atoms with Crippen LogP contribution in [0.1, 0.15) is 41.4 Å². The Morgan fingerprint density at radius 2 is 1.85 bits per heavy atom. The minimum absolute atomic E-state index is 0.263. The summed E-state index contributed by atoms with van der Waals surface area (Å²) >= 11 is 0. The van der Waals surface area contributed by atoms with Crippen LogP contribution < -0.4 is 4.74 Å². The summed E-state index contributed by atoms with van der Waals surface area (Å²) in [5.74, 6) is 0.610. The summed E-state index contributed by atoms with van der Waals surface area (Å²) < 4.78 is 50.2. The SMILES string of the molecule is COc1nc(-c2cn3c(n2)[C@@H](c2ccccc2C(F)(F)F)CCC3)ccc1-n1cnc(C)c1. The first kappa shape index (κ1) is 21.2. The van der Waals surface area contributed by atoms with Crippen molar-refractivity contribution in [2.75, 3.05) is 7.11 Å². The van der Waals surface area contributed by atoms with Crippen molar-refractivity contribution in [2.45, 2.75) is 38.4 Å². The summed E-state index contributed by atoms with van der Waals surface area (Å²) in [7, 11) is 1.54. The monoisotopic (exact) mass is 453 g/mol. The Balaban J connectivity index is 1.55. The summed E-state index contributed by atoms with van der Waals surface area (Å²) in [4.78, 5) is 13.6. The molecule has 0 aliphatic carbocycles. The Kier molecular flexibility index (Phi) is 5.19. The van der Waals surface area contributed by atoms with E-state index in [-0.39, 0.29) is 5.56 Å². The molecule has 6 nitrogen and oxygen atoms in total. The molecule has 0 saturated carbocycles. The summed E-state index contributed by atoms with van der Waals surface area (Å²) in [6.45, 7) is 2.60. The van der Waals surface area contributed by atoms with Crippen LogP contribution in [0.2, 0.25) is 0 Å². The molecule has 170 valence electrons. The first-order chi connectivity index (χ1) is 15.8. The van der Waals surface area contributed by atoms with Crippen LogP contribution in [0.5, 0.6) is 5.88 Å². The van der Waals surface area contributed by atoms with E-state index in [0.29, 0.717) is 36.1 Å². The fourth-order valence-electron chi connectivity index (χ4n) is 4.43. The highest BCUT2D eigenvalue weighted by molar-refractivity contribution is 5.59. The second kappa shape index (κ2) is 8.06. The van der Waals surface area contributed by atoms with Gasteiger partial charge >= 0.3 is 6.18 Å². The van der Waals surface area contributed by atoms with Gasteiger partial charge < -0.3 is 13.9 Å². The lowest BCUT2D eigenvalue weighted by molar-refractivity contribution is -0.138. The van der Waals surface area contributed by atoms with Crippen LogP contribution in [0.15, 0.2) is 55.1 Å². The maximum absolute atomic E-state index is 13.7. The topological polar surface area (TPSA) is 57.8 Å². The highest BCUT2D eigenvalue weighted by Crippen LogP contribution is 2.41. The van der Waals surface area contributed by atoms with Gasteiger partial charge in [-0.2, -0.15) is 13.2 Å². The number of fused-ring (bicyclic) bond motifs is 1. The number of rotatable bonds is 4. The molecular formula is C24H22F3N5O. The number of aryl methyl sites for hydroxylation is 2. The van der Waals surface area contributed by atoms with E-state index < -0.39 is 17.7 Å². The third kappa shape index (κ3) is 3.88. The summed E-state index contributed by atoms with van der Waals surface area (Å²) in [6.07, 6.45) is 2.39. The highest BCUT2D eigenvalue weighted by atomic mass is 19.4. The second-order valence-corrected chi connectivity index (χ2v) is 8.10. The quantitative estimate of drug-likeness (QED) is 0.416. The molecule has 5 rings (SSSR count). The molecule has 0 bridgehead atoms. The van der Waals surface area contributed by atoms with Gasteiger partial charge in [0.15, 0.2) is 0 Å². The number of benzene rings is 1. The molecule has 0 amide bonds. The Morgan fingerprint density at radius 3 is 2.58 bits per heavy atom. The lowest BCUT2D eigenvalue weighted by Gasteiger charge is -2.26. The second-order valence-electron chi connectivity index (χ2n) is 8.10. The van der Waals surface area contributed by atoms with E-state index in [1.807, 2.05) is 40.6 Å². The van der Waals surface area contributed by atoms with Gasteiger partial charge in [-0.15, -0.1) is 0 Å². The molecule has 0 unspecified atom stereocenters. The Labute approximate surface area is 188 Å². The zero-order valence-corrected chi connectivity index (χ0v) is 18.2. The van der Waals surface area contributed by atoms with Crippen LogP contribution in [0.3, 0.4) is 0 Å². The Bertz CT molecular complexity index is 1310. The molecule has 0 fully saturated rings. The zero-order chi connectivity index (χ0) is 23.2. The molecule has 1 aliphatic heterocycles. The predicted octanol–water partition coefficient (Wildman–Crippen LogP) is 5.39. The van der Waals surface area contributed by atoms with E-state index in [2.05, 4.69) is 9.97 Å². The molecule has 0 spiro atoms. The fraction of sp³-hybridized carbons (Fsp3) is 0.292. The van der Waals surface area contributed by atoms with Gasteiger partial charge in [0, 0.05) is 24.9 Å². The lowest BCUT2D eigenvalue weighted by Crippen LogP contribution is -2.20. The number of pyridine rings is 1. The van der Waals surface area contributed by atoms with Crippen LogP contribution in [0.4, 0.5) is 13.2 Å². The molecular weight excluding hydrogens is 431 g/mol. The standard InChI is InChI=1S/C24H22F3N5O/c1-15-12-32(14-28-15)21-10-9-19(30-23(21)33-2)20-13-31-11-5-7-17(22(31)29-20)16-6-3-4-8-18(16)24(25,26)27/h3-4,6,8-10,12-14,17H,5,7,11H2,1-2H3/t17-/m1/s1. The number of halogens is 3. The van der Waals surface area contributed by atoms with Gasteiger partial charge in [0.05, 0.1) is 30.4 Å². The van der Waals surface area contributed by atoms with Gasteiger partial charge in [0.1, 0.15) is 17.2 Å². The van der Waals surface area contributed by atoms with E-state index in [4.69, 9.17) is 9.72 Å². The van der Waals surface area contributed by atoms with E-state index in [0.717, 1.165) is 23.9 Å². The lowest BCUT2D eigenvalue weighted by atomic mass is 9.87. The van der Waals surface area contributed by atoms with Crippen LogP contribution >= 0.6 is 0 Å². The van der Waals surface area contributed by atoms with Crippen molar-refractivity contribution in [1.29, 1.82) is 0 Å². The maximum Gasteiger partial charge on any atom is 0.416 e. The normalized spacial score (nSPS) is 16.0. The Hall–Kier alpha value is -3.62. The molecule has 0 radical (unpaired) electrons. The Morgan fingerprint density at radius 1 is 1.03 bits per heavy atom. The van der Waals surface area contributed by atoms with E-state index in [1.165, 1.54) is 6.07 Å².